The van der Waals surface area contributed by atoms with E-state index in [1.807, 2.05) is 0 Å². The number of benzene rings is 1. The zero-order chi connectivity index (χ0) is 17.1. The van der Waals surface area contributed by atoms with E-state index in [0.717, 1.165) is 44.6 Å². The highest BCUT2D eigenvalue weighted by atomic mass is 28.3. The Morgan fingerprint density at radius 2 is 1.35 bits per heavy atom. The van der Waals surface area contributed by atoms with Crippen LogP contribution in [-0.4, -0.2) is 30.4 Å². The summed E-state index contributed by atoms with van der Waals surface area (Å²) < 4.78 is 54.8. The van der Waals surface area contributed by atoms with Gasteiger partial charge < -0.3 is 13.3 Å². The maximum Gasteiger partial charge on any atom is 0.483 e. The molecular weight excluding hydrogens is 325 g/mol. The summed E-state index contributed by atoms with van der Waals surface area (Å²) >= 11 is 0. The minimum Gasteiger partial charge on any atom is -0.379 e. The molecule has 3 nitrogen and oxygen atoms in total. The molecule has 0 aliphatic rings. The number of hydrogen-bond donors (Lipinski definition) is 0. The summed E-state index contributed by atoms with van der Waals surface area (Å²) in [4.78, 5) is 0. The van der Waals surface area contributed by atoms with E-state index < -0.39 is 27.0 Å². The van der Waals surface area contributed by atoms with Gasteiger partial charge in [-0.3, -0.25) is 0 Å². The standard InChI is InChI=1S/C16H25F3O3Si/c1-20-23(21-2)22-10-8-6-4-3-5-7-9-13-11-15(18)16(19)12-14(13)17/h11-12,23H,3-10H2,1-2H3. The second-order valence-corrected chi connectivity index (χ2v) is 7.21. The first-order chi connectivity index (χ1) is 11.1. The Bertz CT molecular complexity index is 456. The van der Waals surface area contributed by atoms with Crippen LogP contribution in [0.25, 0.3) is 0 Å². The zero-order valence-electron chi connectivity index (χ0n) is 13.7. The highest BCUT2D eigenvalue weighted by Gasteiger charge is 2.10. The summed E-state index contributed by atoms with van der Waals surface area (Å²) in [5.41, 5.74) is 0.243. The lowest BCUT2D eigenvalue weighted by Gasteiger charge is -2.11. The molecule has 0 amide bonds. The van der Waals surface area contributed by atoms with Gasteiger partial charge in [-0.05, 0) is 30.9 Å². The van der Waals surface area contributed by atoms with Crippen LogP contribution in [0.2, 0.25) is 0 Å². The van der Waals surface area contributed by atoms with Crippen molar-refractivity contribution in [2.75, 3.05) is 20.8 Å². The Kier molecular flexibility index (Phi) is 10.2. The molecule has 0 saturated carbocycles. The van der Waals surface area contributed by atoms with Crippen molar-refractivity contribution in [1.82, 2.24) is 0 Å². The second-order valence-electron chi connectivity index (χ2n) is 5.36. The highest BCUT2D eigenvalue weighted by molar-refractivity contribution is 6.36. The Morgan fingerprint density at radius 3 is 2.00 bits per heavy atom. The molecule has 0 fully saturated rings. The van der Waals surface area contributed by atoms with E-state index in [4.69, 9.17) is 13.3 Å². The third-order valence-electron chi connectivity index (χ3n) is 3.57. The van der Waals surface area contributed by atoms with Crippen LogP contribution in [0.15, 0.2) is 12.1 Å². The first kappa shape index (κ1) is 20.2. The summed E-state index contributed by atoms with van der Waals surface area (Å²) in [6.45, 7) is 0.638. The summed E-state index contributed by atoms with van der Waals surface area (Å²) in [6, 6.07) is 1.56. The zero-order valence-corrected chi connectivity index (χ0v) is 14.9. The molecule has 0 N–H and O–H groups in total. The topological polar surface area (TPSA) is 27.7 Å². The molecule has 7 heteroatoms. The van der Waals surface area contributed by atoms with Crippen molar-refractivity contribution in [3.63, 3.8) is 0 Å². The van der Waals surface area contributed by atoms with Gasteiger partial charge in [-0.25, -0.2) is 13.2 Å². The summed E-state index contributed by atoms with van der Waals surface area (Å²) in [5, 5.41) is 0. The third-order valence-corrected chi connectivity index (χ3v) is 4.85. The smallest absolute Gasteiger partial charge is 0.379 e. The first-order valence-corrected chi connectivity index (χ1v) is 9.30. The predicted octanol–water partition coefficient (Wildman–Crippen LogP) is 4.01. The van der Waals surface area contributed by atoms with E-state index >= 15 is 0 Å². The van der Waals surface area contributed by atoms with Crippen LogP contribution in [0.5, 0.6) is 0 Å². The van der Waals surface area contributed by atoms with Gasteiger partial charge >= 0.3 is 9.53 Å². The Morgan fingerprint density at radius 1 is 0.783 bits per heavy atom. The normalized spacial score (nSPS) is 11.4. The van der Waals surface area contributed by atoms with Crippen molar-refractivity contribution in [1.29, 1.82) is 0 Å². The summed E-state index contributed by atoms with van der Waals surface area (Å²) in [6.07, 6.45) is 6.23. The molecule has 1 rings (SSSR count). The molecule has 0 aliphatic carbocycles. The number of unbranched alkanes of at least 4 members (excludes halogenated alkanes) is 5. The van der Waals surface area contributed by atoms with Gasteiger partial charge in [0.15, 0.2) is 11.6 Å². The SMILES string of the molecule is CO[SiH](OC)OCCCCCCCCc1cc(F)c(F)cc1F. The van der Waals surface area contributed by atoms with Crippen molar-refractivity contribution in [2.45, 2.75) is 44.9 Å². The van der Waals surface area contributed by atoms with Crippen LogP contribution in [0.3, 0.4) is 0 Å². The molecule has 0 radical (unpaired) electrons. The van der Waals surface area contributed by atoms with Gasteiger partial charge in [0.1, 0.15) is 5.82 Å². The summed E-state index contributed by atoms with van der Waals surface area (Å²) in [5.74, 6) is -2.80. The number of hydrogen-bond acceptors (Lipinski definition) is 3. The van der Waals surface area contributed by atoms with Crippen LogP contribution >= 0.6 is 0 Å². The molecule has 0 bridgehead atoms. The van der Waals surface area contributed by atoms with Gasteiger partial charge in [-0.2, -0.15) is 0 Å². The van der Waals surface area contributed by atoms with E-state index in [0.29, 0.717) is 19.1 Å². The second kappa shape index (κ2) is 11.6. The molecular formula is C16H25F3O3Si. The summed E-state index contributed by atoms with van der Waals surface area (Å²) in [7, 11) is 1.26. The molecule has 0 aliphatic heterocycles. The van der Waals surface area contributed by atoms with Crippen molar-refractivity contribution >= 4 is 9.53 Å². The first-order valence-electron chi connectivity index (χ1n) is 7.89. The maximum atomic E-state index is 13.4. The molecule has 0 atom stereocenters. The van der Waals surface area contributed by atoms with Gasteiger partial charge in [0, 0.05) is 26.9 Å². The largest absolute Gasteiger partial charge is 0.483 e. The molecule has 0 spiro atoms. The molecule has 0 saturated heterocycles. The van der Waals surface area contributed by atoms with Gasteiger partial charge in [0.2, 0.25) is 0 Å². The molecule has 1 aromatic carbocycles. The Labute approximate surface area is 137 Å². The molecule has 0 heterocycles. The lowest BCUT2D eigenvalue weighted by molar-refractivity contribution is 0.133. The van der Waals surface area contributed by atoms with Gasteiger partial charge in [0.05, 0.1) is 0 Å². The minimum absolute atomic E-state index is 0.243. The quantitative estimate of drug-likeness (QED) is 0.324. The van der Waals surface area contributed by atoms with E-state index in [2.05, 4.69) is 0 Å². The van der Waals surface area contributed by atoms with Gasteiger partial charge in [-0.15, -0.1) is 0 Å². The fraction of sp³-hybridized carbons (Fsp3) is 0.625. The monoisotopic (exact) mass is 350 g/mol. The van der Waals surface area contributed by atoms with Crippen molar-refractivity contribution in [3.8, 4) is 0 Å². The number of rotatable bonds is 12. The average molecular weight is 350 g/mol. The molecule has 132 valence electrons. The van der Waals surface area contributed by atoms with Crippen LogP contribution in [-0.2, 0) is 19.7 Å². The molecule has 0 unspecified atom stereocenters. The van der Waals surface area contributed by atoms with Crippen molar-refractivity contribution < 1.29 is 26.4 Å². The van der Waals surface area contributed by atoms with Crippen molar-refractivity contribution in [3.05, 3.63) is 35.1 Å². The van der Waals surface area contributed by atoms with Crippen LogP contribution in [0.1, 0.15) is 44.1 Å². The van der Waals surface area contributed by atoms with Gasteiger partial charge in [0.25, 0.3) is 0 Å². The lowest BCUT2D eigenvalue weighted by atomic mass is 10.0. The van der Waals surface area contributed by atoms with E-state index in [9.17, 15) is 13.2 Å². The molecule has 1 aromatic rings. The minimum atomic E-state index is -1.90. The van der Waals surface area contributed by atoms with Crippen molar-refractivity contribution in [2.24, 2.45) is 0 Å². The van der Waals surface area contributed by atoms with E-state index in [1.54, 1.807) is 14.2 Å². The Balaban J connectivity index is 2.05. The van der Waals surface area contributed by atoms with E-state index in [1.165, 1.54) is 0 Å². The highest BCUT2D eigenvalue weighted by Crippen LogP contribution is 2.17. The van der Waals surface area contributed by atoms with Crippen LogP contribution in [0.4, 0.5) is 13.2 Å². The van der Waals surface area contributed by atoms with E-state index in [-0.39, 0.29) is 5.56 Å². The number of aryl methyl sites for hydroxylation is 1. The van der Waals surface area contributed by atoms with Crippen LogP contribution in [0, 0.1) is 17.5 Å². The van der Waals surface area contributed by atoms with Gasteiger partial charge in [-0.1, -0.05) is 25.7 Å². The average Bonchev–Trinajstić information content (AvgIpc) is 2.54. The lowest BCUT2D eigenvalue weighted by Crippen LogP contribution is -2.24. The molecule has 23 heavy (non-hydrogen) atoms. The fourth-order valence-corrected chi connectivity index (χ4v) is 3.12. The maximum absolute atomic E-state index is 13.4. The van der Waals surface area contributed by atoms with Crippen LogP contribution < -0.4 is 0 Å². The Hall–Kier alpha value is -0.893. The fourth-order valence-electron chi connectivity index (χ4n) is 2.29. The number of halogens is 3. The molecule has 0 aromatic heterocycles. The predicted molar refractivity (Wildman–Crippen MR) is 84.8 cm³/mol. The third kappa shape index (κ3) is 7.96.